The van der Waals surface area contributed by atoms with Gasteiger partial charge in [-0.25, -0.2) is 0 Å². The van der Waals surface area contributed by atoms with Gasteiger partial charge in [-0.05, 0) is 36.9 Å². The number of alkyl halides is 3. The van der Waals surface area contributed by atoms with Crippen LogP contribution in [0.3, 0.4) is 0 Å². The van der Waals surface area contributed by atoms with Crippen LogP contribution in [-0.2, 0) is 6.18 Å². The molecule has 0 heterocycles. The van der Waals surface area contributed by atoms with E-state index in [0.29, 0.717) is 0 Å². The second-order valence-corrected chi connectivity index (χ2v) is 5.19. The minimum Gasteiger partial charge on any atom is -0.312 e. The second kappa shape index (κ2) is 7.04. The average molecular weight is 277 g/mol. The molecule has 0 saturated heterocycles. The Balaban J connectivity index is 2.69. The molecule has 0 aliphatic rings. The summed E-state index contributed by atoms with van der Waals surface area (Å²) in [5.41, 5.74) is 0.302. The fourth-order valence-electron chi connectivity index (χ4n) is 1.60. The molecule has 0 spiro atoms. The molecule has 18 heavy (non-hydrogen) atoms. The van der Waals surface area contributed by atoms with Gasteiger partial charge in [0.05, 0.1) is 5.56 Å². The Labute approximate surface area is 110 Å². The number of hydrogen-bond donors (Lipinski definition) is 1. The molecule has 0 aliphatic heterocycles. The largest absolute Gasteiger partial charge is 0.416 e. The number of nitrogens with one attached hydrogen (secondary N) is 1. The van der Waals surface area contributed by atoms with Gasteiger partial charge in [0.25, 0.3) is 0 Å². The molecular formula is C13H18F3NS. The van der Waals surface area contributed by atoms with E-state index in [-0.39, 0.29) is 6.04 Å². The molecule has 0 fully saturated rings. The van der Waals surface area contributed by atoms with Crippen LogP contribution in [0, 0.1) is 0 Å². The van der Waals surface area contributed by atoms with Crippen molar-refractivity contribution in [3.8, 4) is 0 Å². The van der Waals surface area contributed by atoms with Gasteiger partial charge in [-0.2, -0.15) is 24.9 Å². The number of thioether (sulfide) groups is 1. The summed E-state index contributed by atoms with van der Waals surface area (Å²) in [6.07, 6.45) is -3.15. The molecule has 0 amide bonds. The number of benzene rings is 1. The van der Waals surface area contributed by atoms with E-state index < -0.39 is 11.7 Å². The Bertz CT molecular complexity index is 348. The van der Waals surface area contributed by atoms with Crippen molar-refractivity contribution in [2.75, 3.05) is 18.6 Å². The fraction of sp³-hybridized carbons (Fsp3) is 0.538. The summed E-state index contributed by atoms with van der Waals surface area (Å²) >= 11 is 1.81. The van der Waals surface area contributed by atoms with Crippen molar-refractivity contribution in [3.63, 3.8) is 0 Å². The van der Waals surface area contributed by atoms with Gasteiger partial charge in [-0.1, -0.05) is 19.1 Å². The lowest BCUT2D eigenvalue weighted by molar-refractivity contribution is -0.137. The summed E-state index contributed by atoms with van der Waals surface area (Å²) in [7, 11) is 1.83. The molecule has 1 nitrogen and oxygen atoms in total. The molecule has 102 valence electrons. The van der Waals surface area contributed by atoms with Gasteiger partial charge in [0, 0.05) is 11.8 Å². The van der Waals surface area contributed by atoms with E-state index in [9.17, 15) is 13.2 Å². The molecule has 0 radical (unpaired) electrons. The van der Waals surface area contributed by atoms with Gasteiger partial charge >= 0.3 is 6.18 Å². The number of halogens is 3. The standard InChI is InChI=1S/C13H18F3NS/c1-3-8-18-9-12(17-2)10-4-6-11(7-5-10)13(14,15)16/h4-7,12,17H,3,8-9H2,1-2H3. The predicted molar refractivity (Wildman–Crippen MR) is 70.9 cm³/mol. The molecule has 5 heteroatoms. The number of rotatable bonds is 6. The molecule has 0 saturated carbocycles. The fourth-order valence-corrected chi connectivity index (χ4v) is 2.65. The van der Waals surface area contributed by atoms with Gasteiger partial charge in [-0.3, -0.25) is 0 Å². The molecule has 0 bridgehead atoms. The smallest absolute Gasteiger partial charge is 0.312 e. The van der Waals surface area contributed by atoms with E-state index in [1.807, 2.05) is 7.05 Å². The first-order valence-electron chi connectivity index (χ1n) is 5.91. The van der Waals surface area contributed by atoms with Crippen LogP contribution in [0.2, 0.25) is 0 Å². The van der Waals surface area contributed by atoms with Crippen LogP contribution in [0.4, 0.5) is 13.2 Å². The first-order chi connectivity index (χ1) is 8.49. The van der Waals surface area contributed by atoms with Crippen LogP contribution in [-0.4, -0.2) is 18.6 Å². The SMILES string of the molecule is CCCSCC(NC)c1ccc(C(F)(F)F)cc1. The summed E-state index contributed by atoms with van der Waals surface area (Å²) in [6, 6.07) is 5.49. The quantitative estimate of drug-likeness (QED) is 0.785. The average Bonchev–Trinajstić information content (AvgIpc) is 2.34. The summed E-state index contributed by atoms with van der Waals surface area (Å²) in [5, 5.41) is 3.13. The highest BCUT2D eigenvalue weighted by molar-refractivity contribution is 7.99. The molecule has 1 aromatic carbocycles. The maximum Gasteiger partial charge on any atom is 0.416 e. The van der Waals surface area contributed by atoms with Crippen LogP contribution in [0.25, 0.3) is 0 Å². The zero-order valence-corrected chi connectivity index (χ0v) is 11.4. The molecule has 1 rings (SSSR count). The molecule has 1 aromatic rings. The van der Waals surface area contributed by atoms with Crippen molar-refractivity contribution >= 4 is 11.8 Å². The zero-order chi connectivity index (χ0) is 13.6. The van der Waals surface area contributed by atoms with E-state index in [1.54, 1.807) is 23.9 Å². The Hall–Kier alpha value is -0.680. The second-order valence-electron chi connectivity index (χ2n) is 4.04. The van der Waals surface area contributed by atoms with E-state index in [2.05, 4.69) is 12.2 Å². The third-order valence-corrected chi connectivity index (χ3v) is 3.89. The molecule has 1 atom stereocenters. The van der Waals surface area contributed by atoms with Gasteiger partial charge in [0.2, 0.25) is 0 Å². The maximum absolute atomic E-state index is 12.4. The topological polar surface area (TPSA) is 12.0 Å². The highest BCUT2D eigenvalue weighted by Crippen LogP contribution is 2.30. The van der Waals surface area contributed by atoms with E-state index in [1.165, 1.54) is 0 Å². The maximum atomic E-state index is 12.4. The highest BCUT2D eigenvalue weighted by atomic mass is 32.2. The van der Waals surface area contributed by atoms with Crippen molar-refractivity contribution in [2.24, 2.45) is 0 Å². The van der Waals surface area contributed by atoms with Crippen LogP contribution in [0.5, 0.6) is 0 Å². The van der Waals surface area contributed by atoms with Crippen LogP contribution in [0.15, 0.2) is 24.3 Å². The third kappa shape index (κ3) is 4.53. The van der Waals surface area contributed by atoms with Crippen molar-refractivity contribution in [1.29, 1.82) is 0 Å². The summed E-state index contributed by atoms with van der Waals surface area (Å²) < 4.78 is 37.3. The van der Waals surface area contributed by atoms with E-state index >= 15 is 0 Å². The molecule has 1 N–H and O–H groups in total. The van der Waals surface area contributed by atoms with Gasteiger partial charge in [0.1, 0.15) is 0 Å². The van der Waals surface area contributed by atoms with Gasteiger partial charge < -0.3 is 5.32 Å². The Morgan fingerprint density at radius 3 is 2.28 bits per heavy atom. The minimum atomic E-state index is -4.26. The van der Waals surface area contributed by atoms with Crippen molar-refractivity contribution in [2.45, 2.75) is 25.6 Å². The van der Waals surface area contributed by atoms with Crippen LogP contribution in [0.1, 0.15) is 30.5 Å². The predicted octanol–water partition coefficient (Wildman–Crippen LogP) is 4.11. The Kier molecular flexibility index (Phi) is 6.02. The lowest BCUT2D eigenvalue weighted by atomic mass is 10.1. The van der Waals surface area contributed by atoms with Gasteiger partial charge in [-0.15, -0.1) is 0 Å². The van der Waals surface area contributed by atoms with Crippen LogP contribution >= 0.6 is 11.8 Å². The van der Waals surface area contributed by atoms with Crippen LogP contribution < -0.4 is 5.32 Å². The monoisotopic (exact) mass is 277 g/mol. The van der Waals surface area contributed by atoms with Crippen molar-refractivity contribution in [1.82, 2.24) is 5.32 Å². The molecular weight excluding hydrogens is 259 g/mol. The summed E-state index contributed by atoms with van der Waals surface area (Å²) in [5.74, 6) is 1.94. The third-order valence-electron chi connectivity index (χ3n) is 2.62. The first kappa shape index (κ1) is 15.4. The lowest BCUT2D eigenvalue weighted by Gasteiger charge is -2.17. The molecule has 0 aromatic heterocycles. The molecule has 1 unspecified atom stereocenters. The van der Waals surface area contributed by atoms with E-state index in [0.717, 1.165) is 35.6 Å². The van der Waals surface area contributed by atoms with Crippen molar-refractivity contribution in [3.05, 3.63) is 35.4 Å². The Morgan fingerprint density at radius 1 is 1.22 bits per heavy atom. The van der Waals surface area contributed by atoms with Gasteiger partial charge in [0.15, 0.2) is 0 Å². The lowest BCUT2D eigenvalue weighted by Crippen LogP contribution is -2.19. The Morgan fingerprint density at radius 2 is 1.83 bits per heavy atom. The number of hydrogen-bond acceptors (Lipinski definition) is 2. The summed E-state index contributed by atoms with van der Waals surface area (Å²) in [6.45, 7) is 2.11. The zero-order valence-electron chi connectivity index (χ0n) is 10.6. The first-order valence-corrected chi connectivity index (χ1v) is 7.06. The summed E-state index contributed by atoms with van der Waals surface area (Å²) in [4.78, 5) is 0. The highest BCUT2D eigenvalue weighted by Gasteiger charge is 2.30. The minimum absolute atomic E-state index is 0.101. The van der Waals surface area contributed by atoms with Crippen molar-refractivity contribution < 1.29 is 13.2 Å². The normalized spacial score (nSPS) is 13.6. The molecule has 0 aliphatic carbocycles. The van der Waals surface area contributed by atoms with E-state index in [4.69, 9.17) is 0 Å².